The highest BCUT2D eigenvalue weighted by Gasteiger charge is 2.22. The van der Waals surface area contributed by atoms with Gasteiger partial charge in [-0.1, -0.05) is 29.3 Å². The van der Waals surface area contributed by atoms with Crippen LogP contribution >= 0.6 is 58.3 Å². The minimum Gasteiger partial charge on any atom is -0.396 e. The summed E-state index contributed by atoms with van der Waals surface area (Å²) in [4.78, 5) is 7.60. The van der Waals surface area contributed by atoms with Crippen LogP contribution in [0.4, 0.5) is 0 Å². The van der Waals surface area contributed by atoms with Crippen molar-refractivity contribution in [2.45, 2.75) is 45.2 Å². The number of aliphatic hydroxyl groups is 1. The van der Waals surface area contributed by atoms with Gasteiger partial charge in [0.25, 0.3) is 0 Å². The van der Waals surface area contributed by atoms with E-state index in [1.807, 2.05) is 40.9 Å². The van der Waals surface area contributed by atoms with Crippen molar-refractivity contribution in [3.63, 3.8) is 0 Å². The summed E-state index contributed by atoms with van der Waals surface area (Å²) in [5.41, 5.74) is 5.54. The summed E-state index contributed by atoms with van der Waals surface area (Å²) in [5.74, 6) is 0. The summed E-state index contributed by atoms with van der Waals surface area (Å²) in [7, 11) is 4.35. The zero-order valence-corrected chi connectivity index (χ0v) is 25.9. The molecule has 3 nitrogen and oxygen atoms in total. The predicted molar refractivity (Wildman–Crippen MR) is 170 cm³/mol. The molecule has 6 rings (SSSR count). The minimum absolute atomic E-state index is 0. The first kappa shape index (κ1) is 29.8. The highest BCUT2D eigenvalue weighted by molar-refractivity contribution is 7.19. The second-order valence-electron chi connectivity index (χ2n) is 10.1. The Morgan fingerprint density at radius 1 is 0.842 bits per heavy atom. The molecule has 0 aliphatic carbocycles. The fraction of sp³-hybridized carbons (Fsp3) is 0.400. The van der Waals surface area contributed by atoms with E-state index in [2.05, 4.69) is 42.6 Å². The molecular weight excluding hydrogens is 575 g/mol. The van der Waals surface area contributed by atoms with Gasteiger partial charge in [-0.05, 0) is 92.7 Å². The number of likely N-dealkylation sites (N-methyl/N-ethyl adjacent to an activating group) is 2. The summed E-state index contributed by atoms with van der Waals surface area (Å²) in [6.45, 7) is 8.28. The van der Waals surface area contributed by atoms with Crippen LogP contribution in [0.3, 0.4) is 0 Å². The molecule has 4 heterocycles. The molecular formula is C30H35Cl3N2OS2. The van der Waals surface area contributed by atoms with Gasteiger partial charge in [-0.25, -0.2) is 0 Å². The van der Waals surface area contributed by atoms with Crippen LogP contribution in [0.5, 0.6) is 0 Å². The monoisotopic (exact) mass is 608 g/mol. The lowest BCUT2D eigenvalue weighted by molar-refractivity contribution is 0.288. The number of nitrogens with zero attached hydrogens (tertiary/aromatic N) is 2. The van der Waals surface area contributed by atoms with Crippen molar-refractivity contribution in [1.82, 2.24) is 9.80 Å². The van der Waals surface area contributed by atoms with Gasteiger partial charge in [0.05, 0.1) is 0 Å². The molecule has 0 atom stereocenters. The van der Waals surface area contributed by atoms with E-state index >= 15 is 0 Å². The van der Waals surface area contributed by atoms with Crippen LogP contribution in [-0.4, -0.2) is 48.7 Å². The summed E-state index contributed by atoms with van der Waals surface area (Å²) >= 11 is 16.5. The molecule has 2 aliphatic rings. The van der Waals surface area contributed by atoms with E-state index in [-0.39, 0.29) is 19.0 Å². The Morgan fingerprint density at radius 3 is 1.84 bits per heavy atom. The molecule has 0 spiro atoms. The summed E-state index contributed by atoms with van der Waals surface area (Å²) in [6, 6.07) is 8.37. The fourth-order valence-electron chi connectivity index (χ4n) is 5.57. The summed E-state index contributed by atoms with van der Waals surface area (Å²) in [6.07, 6.45) is 6.83. The maximum absolute atomic E-state index is 9.06. The molecule has 0 saturated carbocycles. The first-order valence-corrected chi connectivity index (χ1v) is 15.3. The minimum atomic E-state index is 0. The van der Waals surface area contributed by atoms with E-state index in [0.717, 1.165) is 68.3 Å². The molecule has 0 amide bonds. The number of aryl methyl sites for hydroxylation is 1. The standard InChI is InChI=1S/C15H18ClNOS.C15H16ClNS.ClH/c1-17-7-6-10-12(16)4-5-14-15(10)11(9-17)13(19-14)3-2-8-18;1-3-4-13-11-9-17(2)8-7-10-12(16)5-6-14(18-13)15(10)11;/h4-5,18H,2-3,6-9H2,1H3;3,5-6H,1,4,7-9H2,2H3;1H. The van der Waals surface area contributed by atoms with Gasteiger partial charge < -0.3 is 14.9 Å². The van der Waals surface area contributed by atoms with Crippen molar-refractivity contribution in [3.8, 4) is 0 Å². The second-order valence-corrected chi connectivity index (χ2v) is 13.2. The molecule has 2 aromatic heterocycles. The number of thiophene rings is 2. The van der Waals surface area contributed by atoms with Crippen molar-refractivity contribution in [3.05, 3.63) is 79.0 Å². The Morgan fingerprint density at radius 2 is 1.34 bits per heavy atom. The number of rotatable bonds is 5. The molecule has 0 radical (unpaired) electrons. The average Bonchev–Trinajstić information content (AvgIpc) is 3.24. The molecule has 1 N–H and O–H groups in total. The lowest BCUT2D eigenvalue weighted by Gasteiger charge is -2.13. The van der Waals surface area contributed by atoms with Gasteiger partial charge in [-0.15, -0.1) is 41.7 Å². The van der Waals surface area contributed by atoms with E-state index in [9.17, 15) is 0 Å². The molecule has 0 bridgehead atoms. The average molecular weight is 610 g/mol. The summed E-state index contributed by atoms with van der Waals surface area (Å²) < 4.78 is 2.72. The van der Waals surface area contributed by atoms with Crippen LogP contribution in [0.1, 0.15) is 38.4 Å². The highest BCUT2D eigenvalue weighted by atomic mass is 35.5. The lowest BCUT2D eigenvalue weighted by Crippen LogP contribution is -2.19. The Bertz CT molecular complexity index is 1450. The van der Waals surface area contributed by atoms with Crippen LogP contribution in [0.15, 0.2) is 36.9 Å². The molecule has 2 aromatic carbocycles. The Kier molecular flexibility index (Phi) is 10.2. The largest absolute Gasteiger partial charge is 0.396 e. The number of aliphatic hydroxyl groups excluding tert-OH is 1. The normalized spacial score (nSPS) is 15.5. The van der Waals surface area contributed by atoms with E-state index < -0.39 is 0 Å². The molecule has 0 fully saturated rings. The third-order valence-corrected chi connectivity index (χ3v) is 10.6. The summed E-state index contributed by atoms with van der Waals surface area (Å²) in [5, 5.41) is 13.7. The number of hydrogen-bond acceptors (Lipinski definition) is 5. The third kappa shape index (κ3) is 5.96. The van der Waals surface area contributed by atoms with Crippen molar-refractivity contribution in [2.75, 3.05) is 33.8 Å². The van der Waals surface area contributed by atoms with Gasteiger partial charge in [-0.3, -0.25) is 0 Å². The second kappa shape index (κ2) is 13.0. The quantitative estimate of drug-likeness (QED) is 0.231. The first-order valence-electron chi connectivity index (χ1n) is 12.9. The van der Waals surface area contributed by atoms with Gasteiger partial charge in [0.2, 0.25) is 0 Å². The first-order chi connectivity index (χ1) is 17.9. The van der Waals surface area contributed by atoms with E-state index in [0.29, 0.717) is 0 Å². The predicted octanol–water partition coefficient (Wildman–Crippen LogP) is 8.16. The van der Waals surface area contributed by atoms with Crippen molar-refractivity contribution in [2.24, 2.45) is 0 Å². The van der Waals surface area contributed by atoms with Gasteiger partial charge in [0, 0.05) is 72.8 Å². The molecule has 0 unspecified atom stereocenters. The molecule has 0 saturated heterocycles. The number of halogens is 3. The zero-order chi connectivity index (χ0) is 26.1. The van der Waals surface area contributed by atoms with Gasteiger partial charge >= 0.3 is 0 Å². The SMILES string of the molecule is C=CCc1sc2ccc(Cl)c3c2c1CN(C)CC3.CN1CCc2c(Cl)ccc3sc(CCCO)c(c23)C1.Cl. The van der Waals surface area contributed by atoms with Crippen LogP contribution in [-0.2, 0) is 38.8 Å². The van der Waals surface area contributed by atoms with Gasteiger partial charge in [0.15, 0.2) is 0 Å². The van der Waals surface area contributed by atoms with Crippen LogP contribution in [0.2, 0.25) is 10.0 Å². The maximum Gasteiger partial charge on any atom is 0.0445 e. The van der Waals surface area contributed by atoms with Gasteiger partial charge in [-0.2, -0.15) is 0 Å². The zero-order valence-electron chi connectivity index (χ0n) is 22.0. The third-order valence-electron chi connectivity index (χ3n) is 7.41. The number of allylic oxidation sites excluding steroid dienone is 1. The lowest BCUT2D eigenvalue weighted by atomic mass is 10.0. The Balaban J connectivity index is 0.000000173. The van der Waals surface area contributed by atoms with Crippen LogP contribution in [0.25, 0.3) is 20.2 Å². The highest BCUT2D eigenvalue weighted by Crippen LogP contribution is 2.41. The van der Waals surface area contributed by atoms with Crippen molar-refractivity contribution >= 4 is 78.5 Å². The smallest absolute Gasteiger partial charge is 0.0445 e. The fourth-order valence-corrected chi connectivity index (χ4v) is 8.60. The van der Waals surface area contributed by atoms with Crippen molar-refractivity contribution < 1.29 is 5.11 Å². The number of hydrogen-bond donors (Lipinski definition) is 1. The molecule has 8 heteroatoms. The maximum atomic E-state index is 9.06. The molecule has 204 valence electrons. The van der Waals surface area contributed by atoms with E-state index in [1.165, 1.54) is 52.2 Å². The van der Waals surface area contributed by atoms with E-state index in [1.54, 1.807) is 0 Å². The van der Waals surface area contributed by atoms with Crippen molar-refractivity contribution in [1.29, 1.82) is 0 Å². The number of benzene rings is 2. The molecule has 2 aliphatic heterocycles. The topological polar surface area (TPSA) is 26.7 Å². The van der Waals surface area contributed by atoms with E-state index in [4.69, 9.17) is 28.3 Å². The van der Waals surface area contributed by atoms with Crippen LogP contribution in [0, 0.1) is 0 Å². The van der Waals surface area contributed by atoms with Crippen LogP contribution < -0.4 is 0 Å². The Hall–Kier alpha value is -1.15. The molecule has 4 aromatic rings. The Labute approximate surface area is 250 Å². The molecule has 38 heavy (non-hydrogen) atoms. The van der Waals surface area contributed by atoms with Gasteiger partial charge in [0.1, 0.15) is 0 Å².